The van der Waals surface area contributed by atoms with Gasteiger partial charge in [-0.25, -0.2) is 8.78 Å². The van der Waals surface area contributed by atoms with Crippen LogP contribution in [-0.4, -0.2) is 35.5 Å². The fourth-order valence-electron chi connectivity index (χ4n) is 2.36. The van der Waals surface area contributed by atoms with Crippen molar-refractivity contribution in [3.63, 3.8) is 0 Å². The van der Waals surface area contributed by atoms with Gasteiger partial charge in [0.05, 0.1) is 12.2 Å². The van der Waals surface area contributed by atoms with Gasteiger partial charge in [0, 0.05) is 38.8 Å². The van der Waals surface area contributed by atoms with Gasteiger partial charge < -0.3 is 10.5 Å². The molecule has 1 saturated heterocycles. The molecule has 1 aromatic rings. The number of nitrogens with zero attached hydrogens (tertiary/aromatic N) is 2. The highest BCUT2D eigenvalue weighted by molar-refractivity contribution is 5.23. The molecule has 102 valence electrons. The summed E-state index contributed by atoms with van der Waals surface area (Å²) in [5.74, 6) is -2.63. The molecule has 2 N–H and O–H groups in total. The van der Waals surface area contributed by atoms with E-state index in [4.69, 9.17) is 10.5 Å². The highest BCUT2D eigenvalue weighted by Gasteiger charge is 2.31. The number of alkyl halides is 2. The van der Waals surface area contributed by atoms with Gasteiger partial charge in [0.1, 0.15) is 0 Å². The Morgan fingerprint density at radius 3 is 2.78 bits per heavy atom. The first kappa shape index (κ1) is 13.4. The largest absolute Gasteiger partial charge is 0.381 e. The van der Waals surface area contributed by atoms with Crippen LogP contribution in [0, 0.1) is 0 Å². The van der Waals surface area contributed by atoms with Crippen LogP contribution < -0.4 is 5.73 Å². The molecule has 0 aromatic carbocycles. The third kappa shape index (κ3) is 3.05. The Hall–Kier alpha value is -1.01. The summed E-state index contributed by atoms with van der Waals surface area (Å²) in [5, 5.41) is 4.34. The molecule has 1 aliphatic heterocycles. The SMILES string of the molecule is Cn1cc(CC(F)(F)CN)c(C2CCOCC2)n1. The lowest BCUT2D eigenvalue weighted by atomic mass is 9.92. The maximum atomic E-state index is 13.4. The van der Waals surface area contributed by atoms with Crippen LogP contribution in [-0.2, 0) is 18.2 Å². The van der Waals surface area contributed by atoms with Crippen LogP contribution >= 0.6 is 0 Å². The lowest BCUT2D eigenvalue weighted by Crippen LogP contribution is -2.30. The number of hydrogen-bond acceptors (Lipinski definition) is 3. The number of halogens is 2. The number of aromatic nitrogens is 2. The second-order valence-electron chi connectivity index (χ2n) is 4.84. The van der Waals surface area contributed by atoms with Crippen molar-refractivity contribution in [3.05, 3.63) is 17.5 Å². The molecule has 0 spiro atoms. The minimum Gasteiger partial charge on any atom is -0.381 e. The standard InChI is InChI=1S/C12H19F2N3O/c1-17-7-10(6-12(13,14)8-15)11(16-17)9-2-4-18-5-3-9/h7,9H,2-6,8,15H2,1H3. The predicted octanol–water partition coefficient (Wildman–Crippen LogP) is 1.45. The van der Waals surface area contributed by atoms with Crippen molar-refractivity contribution in [1.82, 2.24) is 9.78 Å². The summed E-state index contributed by atoms with van der Waals surface area (Å²) >= 11 is 0. The summed E-state index contributed by atoms with van der Waals surface area (Å²) in [7, 11) is 1.76. The molecular formula is C12H19F2N3O. The van der Waals surface area contributed by atoms with E-state index in [1.165, 1.54) is 0 Å². The monoisotopic (exact) mass is 259 g/mol. The zero-order valence-electron chi connectivity index (χ0n) is 10.5. The van der Waals surface area contributed by atoms with Crippen molar-refractivity contribution < 1.29 is 13.5 Å². The van der Waals surface area contributed by atoms with Crippen molar-refractivity contribution in [2.75, 3.05) is 19.8 Å². The van der Waals surface area contributed by atoms with Crippen LogP contribution in [0.4, 0.5) is 8.78 Å². The highest BCUT2D eigenvalue weighted by atomic mass is 19.3. The zero-order valence-corrected chi connectivity index (χ0v) is 10.5. The number of ether oxygens (including phenoxy) is 1. The molecule has 18 heavy (non-hydrogen) atoms. The molecule has 1 aromatic heterocycles. The summed E-state index contributed by atoms with van der Waals surface area (Å²) in [4.78, 5) is 0. The van der Waals surface area contributed by atoms with Gasteiger partial charge in [0.2, 0.25) is 0 Å². The summed E-state index contributed by atoms with van der Waals surface area (Å²) < 4.78 is 33.7. The van der Waals surface area contributed by atoms with Crippen molar-refractivity contribution in [1.29, 1.82) is 0 Å². The molecule has 0 amide bonds. The van der Waals surface area contributed by atoms with Crippen molar-refractivity contribution in [2.24, 2.45) is 12.8 Å². The first-order valence-electron chi connectivity index (χ1n) is 6.20. The molecule has 1 fully saturated rings. The van der Waals surface area contributed by atoms with Gasteiger partial charge in [-0.05, 0) is 18.4 Å². The average Bonchev–Trinajstić information content (AvgIpc) is 2.70. The molecule has 0 radical (unpaired) electrons. The van der Waals surface area contributed by atoms with E-state index in [0.29, 0.717) is 18.8 Å². The number of nitrogens with two attached hydrogens (primary N) is 1. The van der Waals surface area contributed by atoms with E-state index in [-0.39, 0.29) is 12.3 Å². The molecule has 2 rings (SSSR count). The van der Waals surface area contributed by atoms with Crippen molar-refractivity contribution in [3.8, 4) is 0 Å². The van der Waals surface area contributed by atoms with E-state index in [1.807, 2.05) is 0 Å². The molecule has 1 aliphatic rings. The minimum absolute atomic E-state index is 0.225. The van der Waals surface area contributed by atoms with Crippen LogP contribution in [0.3, 0.4) is 0 Å². The van der Waals surface area contributed by atoms with Crippen molar-refractivity contribution >= 4 is 0 Å². The summed E-state index contributed by atoms with van der Waals surface area (Å²) in [6.45, 7) is 0.719. The van der Waals surface area contributed by atoms with Gasteiger partial charge in [0.15, 0.2) is 0 Å². The summed E-state index contributed by atoms with van der Waals surface area (Å²) in [5.41, 5.74) is 6.49. The fourth-order valence-corrected chi connectivity index (χ4v) is 2.36. The van der Waals surface area contributed by atoms with E-state index in [0.717, 1.165) is 18.5 Å². The van der Waals surface area contributed by atoms with Crippen LogP contribution in [0.5, 0.6) is 0 Å². The fraction of sp³-hybridized carbons (Fsp3) is 0.750. The first-order valence-corrected chi connectivity index (χ1v) is 6.20. The Morgan fingerprint density at radius 1 is 1.50 bits per heavy atom. The molecule has 0 bridgehead atoms. The van der Waals surface area contributed by atoms with Crippen LogP contribution in [0.2, 0.25) is 0 Å². The topological polar surface area (TPSA) is 53.1 Å². The maximum Gasteiger partial charge on any atom is 0.264 e. The van der Waals surface area contributed by atoms with Gasteiger partial charge >= 0.3 is 0 Å². The average molecular weight is 259 g/mol. The molecule has 0 atom stereocenters. The highest BCUT2D eigenvalue weighted by Crippen LogP contribution is 2.30. The van der Waals surface area contributed by atoms with Crippen LogP contribution in [0.25, 0.3) is 0 Å². The number of hydrogen-bond donors (Lipinski definition) is 1. The third-order valence-electron chi connectivity index (χ3n) is 3.29. The Labute approximate surface area is 105 Å². The smallest absolute Gasteiger partial charge is 0.264 e. The third-order valence-corrected chi connectivity index (χ3v) is 3.29. The molecule has 0 aliphatic carbocycles. The van der Waals surface area contributed by atoms with Gasteiger partial charge in [-0.2, -0.15) is 5.10 Å². The molecule has 0 saturated carbocycles. The van der Waals surface area contributed by atoms with Crippen molar-refractivity contribution in [2.45, 2.75) is 31.1 Å². The first-order chi connectivity index (χ1) is 8.52. The van der Waals surface area contributed by atoms with E-state index in [9.17, 15) is 8.78 Å². The van der Waals surface area contributed by atoms with Crippen LogP contribution in [0.1, 0.15) is 30.0 Å². The minimum atomic E-state index is -2.86. The predicted molar refractivity (Wildman–Crippen MR) is 63.7 cm³/mol. The summed E-state index contributed by atoms with van der Waals surface area (Å²) in [6.07, 6.45) is 3.04. The molecule has 6 heteroatoms. The molecule has 2 heterocycles. The number of rotatable bonds is 4. The van der Waals surface area contributed by atoms with E-state index in [2.05, 4.69) is 5.10 Å². The Balaban J connectivity index is 2.19. The lowest BCUT2D eigenvalue weighted by molar-refractivity contribution is 0.0110. The normalized spacial score (nSPS) is 18.2. The Bertz CT molecular complexity index is 400. The molecule has 4 nitrogen and oxygen atoms in total. The van der Waals surface area contributed by atoms with E-state index < -0.39 is 12.5 Å². The van der Waals surface area contributed by atoms with Gasteiger partial charge in [-0.3, -0.25) is 4.68 Å². The molecule has 0 unspecified atom stereocenters. The number of aryl methyl sites for hydroxylation is 1. The van der Waals surface area contributed by atoms with E-state index in [1.54, 1.807) is 17.9 Å². The summed E-state index contributed by atoms with van der Waals surface area (Å²) in [6, 6.07) is 0. The Morgan fingerprint density at radius 2 is 2.17 bits per heavy atom. The zero-order chi connectivity index (χ0) is 13.2. The van der Waals surface area contributed by atoms with Gasteiger partial charge in [-0.15, -0.1) is 0 Å². The van der Waals surface area contributed by atoms with Crippen LogP contribution in [0.15, 0.2) is 6.20 Å². The molecular weight excluding hydrogens is 240 g/mol. The maximum absolute atomic E-state index is 13.4. The van der Waals surface area contributed by atoms with Gasteiger partial charge in [-0.1, -0.05) is 0 Å². The second kappa shape index (κ2) is 5.32. The van der Waals surface area contributed by atoms with Gasteiger partial charge in [0.25, 0.3) is 5.92 Å². The quantitative estimate of drug-likeness (QED) is 0.890. The van der Waals surface area contributed by atoms with E-state index >= 15 is 0 Å². The lowest BCUT2D eigenvalue weighted by Gasteiger charge is -2.22. The Kier molecular flexibility index (Phi) is 3.97. The second-order valence-corrected chi connectivity index (χ2v) is 4.84.